The summed E-state index contributed by atoms with van der Waals surface area (Å²) in [6.07, 6.45) is 6.35. The van der Waals surface area contributed by atoms with E-state index in [0.29, 0.717) is 11.8 Å². The molecular weight excluding hydrogens is 843 g/mol. The van der Waals surface area contributed by atoms with E-state index in [4.69, 9.17) is 18.9 Å². The Balaban J connectivity index is 0.000000136. The first-order valence-electron chi connectivity index (χ1n) is 21.3. The zero-order valence-corrected chi connectivity index (χ0v) is 36.8. The molecule has 2 aromatic heterocycles. The van der Waals surface area contributed by atoms with Crippen LogP contribution in [0, 0.1) is 3.57 Å². The van der Waals surface area contributed by atoms with Gasteiger partial charge in [-0.3, -0.25) is 0 Å². The summed E-state index contributed by atoms with van der Waals surface area (Å²) in [6.45, 7) is 10.5. The van der Waals surface area contributed by atoms with Crippen molar-refractivity contribution >= 4 is 66.2 Å². The fourth-order valence-corrected chi connectivity index (χ4v) is 8.68. The van der Waals surface area contributed by atoms with Gasteiger partial charge < -0.3 is 28.5 Å². The molecule has 0 bridgehead atoms. The van der Waals surface area contributed by atoms with Crippen LogP contribution >= 0.6 is 22.6 Å². The van der Waals surface area contributed by atoms with E-state index in [1.807, 2.05) is 0 Å². The Morgan fingerprint density at radius 3 is 1.49 bits per heavy atom. The predicted octanol–water partition coefficient (Wildman–Crippen LogP) is 14.5. The molecule has 0 spiro atoms. The smallest absolute Gasteiger partial charge is 0.199 e. The molecule has 2 fully saturated rings. The monoisotopic (exact) mass is 898 g/mol. The van der Waals surface area contributed by atoms with Crippen LogP contribution in [0.1, 0.15) is 89.2 Å². The number of nitrogens with one attached hydrogen (secondary N) is 1. The third kappa shape index (κ3) is 9.48. The topological polar surface area (TPSA) is 57.6 Å². The third-order valence-electron chi connectivity index (χ3n) is 11.3. The maximum Gasteiger partial charge on any atom is 0.199 e. The summed E-state index contributed by atoms with van der Waals surface area (Å²) < 4.78 is 27.3. The molecule has 6 aromatic carbocycles. The van der Waals surface area contributed by atoms with E-state index in [1.54, 1.807) is 0 Å². The van der Waals surface area contributed by atoms with Crippen LogP contribution in [0.25, 0.3) is 49.3 Å². The fraction of sp³-hybridized carbons (Fsp3) is 0.308. The van der Waals surface area contributed by atoms with Crippen molar-refractivity contribution in [3.05, 3.63) is 148 Å². The van der Waals surface area contributed by atoms with Crippen molar-refractivity contribution < 1.29 is 18.9 Å². The van der Waals surface area contributed by atoms with Gasteiger partial charge in [0.25, 0.3) is 0 Å². The van der Waals surface area contributed by atoms with E-state index in [9.17, 15) is 0 Å². The summed E-state index contributed by atoms with van der Waals surface area (Å²) in [4.78, 5) is 3.38. The number of halogens is 1. The van der Waals surface area contributed by atoms with Crippen molar-refractivity contribution in [3.63, 3.8) is 0 Å². The standard InChI is InChI=1S/C26H27NO2.C14H19IO2.C12H9N/c1-18(2)19-14-15-25(29-26-13-7-8-16-28-26)24(17-19)27-22-11-5-3-9-20(22)21-10-4-6-12-23(21)27;1-10(2)11-6-7-13(12(15)9-11)17-14-5-3-4-8-16-14;1-3-7-11-9(5-1)10-6-2-4-8-12(10)13-11/h3-6,9-12,14-15,17-18,26H,7-8,13,16H2,1-2H3;6-7,9-10,14H,3-5,8H2,1-2H3;1-8,13H. The molecule has 304 valence electrons. The molecule has 6 nitrogen and oxygen atoms in total. The number of rotatable bonds is 7. The van der Waals surface area contributed by atoms with Crippen molar-refractivity contribution in [1.82, 2.24) is 9.55 Å². The van der Waals surface area contributed by atoms with Crippen molar-refractivity contribution in [2.24, 2.45) is 0 Å². The Labute approximate surface area is 362 Å². The number of nitrogens with zero attached hydrogens (tertiary/aromatic N) is 1. The lowest BCUT2D eigenvalue weighted by Crippen LogP contribution is -2.25. The van der Waals surface area contributed by atoms with Gasteiger partial charge in [0.15, 0.2) is 12.6 Å². The number of benzene rings is 6. The van der Waals surface area contributed by atoms with Crippen molar-refractivity contribution in [2.45, 2.75) is 90.6 Å². The van der Waals surface area contributed by atoms with E-state index >= 15 is 0 Å². The molecular formula is C52H55IN2O4. The van der Waals surface area contributed by atoms with E-state index in [0.717, 1.165) is 62.5 Å². The Morgan fingerprint density at radius 1 is 0.542 bits per heavy atom. The number of para-hydroxylation sites is 4. The highest BCUT2D eigenvalue weighted by Crippen LogP contribution is 2.38. The summed E-state index contributed by atoms with van der Waals surface area (Å²) in [6, 6.07) is 47.0. The predicted molar refractivity (Wildman–Crippen MR) is 252 cm³/mol. The van der Waals surface area contributed by atoms with E-state index in [1.165, 1.54) is 64.7 Å². The Kier molecular flexibility index (Phi) is 13.2. The molecule has 59 heavy (non-hydrogen) atoms. The Bertz CT molecular complexity index is 2530. The van der Waals surface area contributed by atoms with Gasteiger partial charge in [-0.25, -0.2) is 0 Å². The van der Waals surface area contributed by atoms with Crippen molar-refractivity contribution in [1.29, 1.82) is 0 Å². The van der Waals surface area contributed by atoms with Crippen LogP contribution in [0.2, 0.25) is 0 Å². The van der Waals surface area contributed by atoms with Gasteiger partial charge in [-0.15, -0.1) is 0 Å². The van der Waals surface area contributed by atoms with E-state index in [2.05, 4.69) is 193 Å². The highest BCUT2D eigenvalue weighted by atomic mass is 127. The van der Waals surface area contributed by atoms with E-state index < -0.39 is 0 Å². The van der Waals surface area contributed by atoms with Crippen molar-refractivity contribution in [2.75, 3.05) is 13.2 Å². The van der Waals surface area contributed by atoms with Crippen LogP contribution in [0.15, 0.2) is 133 Å². The van der Waals surface area contributed by atoms with Gasteiger partial charge in [0.1, 0.15) is 11.5 Å². The second-order valence-electron chi connectivity index (χ2n) is 16.1. The molecule has 2 aliphatic heterocycles. The summed E-state index contributed by atoms with van der Waals surface area (Å²) in [5.74, 6) is 2.83. The second kappa shape index (κ2) is 19.0. The molecule has 4 heterocycles. The number of aromatic nitrogens is 2. The molecule has 8 aromatic rings. The number of hydrogen-bond donors (Lipinski definition) is 1. The van der Waals surface area contributed by atoms with Gasteiger partial charge in [-0.05, 0) is 120 Å². The van der Waals surface area contributed by atoms with Crippen LogP contribution in [0.5, 0.6) is 11.5 Å². The first kappa shape index (κ1) is 40.9. The highest BCUT2D eigenvalue weighted by Gasteiger charge is 2.21. The van der Waals surface area contributed by atoms with Gasteiger partial charge in [0.05, 0.1) is 33.5 Å². The number of H-pyrrole nitrogens is 1. The molecule has 0 aliphatic carbocycles. The van der Waals surface area contributed by atoms with Crippen LogP contribution < -0.4 is 9.47 Å². The van der Waals surface area contributed by atoms with E-state index in [-0.39, 0.29) is 12.6 Å². The third-order valence-corrected chi connectivity index (χ3v) is 12.1. The highest BCUT2D eigenvalue weighted by molar-refractivity contribution is 14.1. The lowest BCUT2D eigenvalue weighted by atomic mass is 10.0. The number of fused-ring (bicyclic) bond motifs is 6. The summed E-state index contributed by atoms with van der Waals surface area (Å²) in [7, 11) is 0. The van der Waals surface area contributed by atoms with Crippen LogP contribution in [-0.4, -0.2) is 35.3 Å². The minimum absolute atomic E-state index is 0.0536. The summed E-state index contributed by atoms with van der Waals surface area (Å²) >= 11 is 2.33. The second-order valence-corrected chi connectivity index (χ2v) is 17.3. The molecule has 2 saturated heterocycles. The Hall–Kier alpha value is -4.83. The quantitative estimate of drug-likeness (QED) is 0.162. The normalized spacial score (nSPS) is 16.9. The summed E-state index contributed by atoms with van der Waals surface area (Å²) in [5, 5.41) is 5.13. The van der Waals surface area contributed by atoms with Gasteiger partial charge in [-0.2, -0.15) is 0 Å². The average molecular weight is 899 g/mol. The number of hydrogen-bond acceptors (Lipinski definition) is 4. The van der Waals surface area contributed by atoms with Crippen LogP contribution in [0.4, 0.5) is 0 Å². The molecule has 0 radical (unpaired) electrons. The first-order valence-corrected chi connectivity index (χ1v) is 22.4. The molecule has 0 saturated carbocycles. The van der Waals surface area contributed by atoms with Crippen LogP contribution in [0.3, 0.4) is 0 Å². The SMILES string of the molecule is CC(C)c1ccc(OC2CCCCO2)c(-n2c3ccccc3c3ccccc32)c1.CC(C)c1ccc(OC2CCCCO2)c(I)c1.c1ccc2c(c1)[nH]c1ccccc12. The molecule has 7 heteroatoms. The summed E-state index contributed by atoms with van der Waals surface area (Å²) in [5.41, 5.74) is 8.56. The molecule has 1 N–H and O–H groups in total. The maximum absolute atomic E-state index is 6.40. The maximum atomic E-state index is 6.40. The zero-order valence-electron chi connectivity index (χ0n) is 34.6. The molecule has 10 rings (SSSR count). The van der Waals surface area contributed by atoms with Gasteiger partial charge in [0.2, 0.25) is 0 Å². The first-order chi connectivity index (χ1) is 28.8. The average Bonchev–Trinajstić information content (AvgIpc) is 3.82. The van der Waals surface area contributed by atoms with Gasteiger partial charge >= 0.3 is 0 Å². The van der Waals surface area contributed by atoms with Crippen molar-refractivity contribution in [3.8, 4) is 17.2 Å². The molecule has 2 unspecified atom stereocenters. The lowest BCUT2D eigenvalue weighted by molar-refractivity contribution is -0.106. The molecule has 2 aliphatic rings. The van der Waals surface area contributed by atoms with Crippen LogP contribution in [-0.2, 0) is 9.47 Å². The molecule has 0 amide bonds. The lowest BCUT2D eigenvalue weighted by Gasteiger charge is -2.25. The largest absolute Gasteiger partial charge is 0.464 e. The minimum Gasteiger partial charge on any atom is -0.464 e. The zero-order chi connectivity index (χ0) is 40.7. The fourth-order valence-electron chi connectivity index (χ4n) is 8.01. The van der Waals surface area contributed by atoms with Gasteiger partial charge in [0, 0.05) is 45.4 Å². The number of aromatic amines is 1. The Morgan fingerprint density at radius 2 is 1.00 bits per heavy atom. The van der Waals surface area contributed by atoms with Gasteiger partial charge in [-0.1, -0.05) is 113 Å². The number of ether oxygens (including phenoxy) is 4. The molecule has 2 atom stereocenters. The minimum atomic E-state index is -0.166.